The topological polar surface area (TPSA) is 81.1 Å². The van der Waals surface area contributed by atoms with Crippen molar-refractivity contribution in [1.82, 2.24) is 9.80 Å². The molecule has 1 aromatic heterocycles. The van der Waals surface area contributed by atoms with E-state index in [1.165, 1.54) is 11.3 Å². The minimum absolute atomic E-state index is 0.0767. The highest BCUT2D eigenvalue weighted by Gasteiger charge is 2.37. The number of aliphatic carboxylic acids is 1. The Morgan fingerprint density at radius 1 is 1.48 bits per heavy atom. The summed E-state index contributed by atoms with van der Waals surface area (Å²) in [5.74, 6) is -1.02. The van der Waals surface area contributed by atoms with Crippen molar-refractivity contribution in [3.05, 3.63) is 21.9 Å². The number of hydrogen-bond acceptors (Lipinski definition) is 5. The molecular weight excluding hydrogens is 292 g/mol. The smallest absolute Gasteiger partial charge is 0.317 e. The van der Waals surface area contributed by atoms with E-state index in [2.05, 4.69) is 0 Å². The normalized spacial score (nSPS) is 22.0. The number of amides is 1. The first-order chi connectivity index (χ1) is 9.93. The van der Waals surface area contributed by atoms with E-state index in [0.29, 0.717) is 11.4 Å². The quantitative estimate of drug-likeness (QED) is 0.828. The van der Waals surface area contributed by atoms with Gasteiger partial charge in [-0.25, -0.2) is 0 Å². The number of carbonyl (C=O) groups is 2. The number of carbonyl (C=O) groups excluding carboxylic acids is 1. The maximum Gasteiger partial charge on any atom is 0.317 e. The average Bonchev–Trinajstić information content (AvgIpc) is 3.02. The van der Waals surface area contributed by atoms with Crippen LogP contribution >= 0.6 is 11.3 Å². The molecule has 1 aliphatic rings. The predicted octanol–water partition coefficient (Wildman–Crippen LogP) is 0.512. The molecule has 116 valence electrons. The van der Waals surface area contributed by atoms with Gasteiger partial charge in [0, 0.05) is 13.1 Å². The molecule has 1 amide bonds. The summed E-state index contributed by atoms with van der Waals surface area (Å²) in [6.45, 7) is 2.45. The van der Waals surface area contributed by atoms with Crippen LogP contribution in [0.1, 0.15) is 22.2 Å². The first-order valence-corrected chi connectivity index (χ1v) is 7.77. The van der Waals surface area contributed by atoms with Crippen LogP contribution in [0.5, 0.6) is 0 Å². The Labute approximate surface area is 127 Å². The Balaban J connectivity index is 2.06. The lowest BCUT2D eigenvalue weighted by atomic mass is 10.2. The zero-order chi connectivity index (χ0) is 15.6. The molecule has 1 unspecified atom stereocenters. The average molecular weight is 312 g/mol. The highest BCUT2D eigenvalue weighted by Crippen LogP contribution is 2.23. The van der Waals surface area contributed by atoms with Gasteiger partial charge in [-0.1, -0.05) is 6.92 Å². The maximum atomic E-state index is 12.5. The molecule has 2 N–H and O–H groups in total. The van der Waals surface area contributed by atoms with Crippen LogP contribution in [0.2, 0.25) is 0 Å². The van der Waals surface area contributed by atoms with Gasteiger partial charge in [-0.2, -0.15) is 0 Å². The number of likely N-dealkylation sites (N-methyl/N-ethyl adjacent to an activating group) is 1. The summed E-state index contributed by atoms with van der Waals surface area (Å²) < 4.78 is 0. The van der Waals surface area contributed by atoms with Gasteiger partial charge >= 0.3 is 5.97 Å². The van der Waals surface area contributed by atoms with E-state index in [0.717, 1.165) is 12.0 Å². The molecule has 0 aliphatic carbocycles. The molecule has 0 saturated carbocycles. The van der Waals surface area contributed by atoms with Gasteiger partial charge in [0.25, 0.3) is 5.91 Å². The van der Waals surface area contributed by atoms with Crippen LogP contribution in [-0.4, -0.2) is 70.7 Å². The zero-order valence-corrected chi connectivity index (χ0v) is 13.0. The van der Waals surface area contributed by atoms with Crippen LogP contribution in [0.15, 0.2) is 11.4 Å². The molecule has 1 saturated heterocycles. The molecule has 1 aromatic rings. The van der Waals surface area contributed by atoms with Crippen molar-refractivity contribution < 1.29 is 19.8 Å². The van der Waals surface area contributed by atoms with Gasteiger partial charge in [0.05, 0.1) is 23.6 Å². The Kier molecular flexibility index (Phi) is 4.97. The highest BCUT2D eigenvalue weighted by atomic mass is 32.1. The van der Waals surface area contributed by atoms with E-state index in [-0.39, 0.29) is 25.0 Å². The molecular formula is C14H20N2O4S. The van der Waals surface area contributed by atoms with Crippen LogP contribution in [0.4, 0.5) is 0 Å². The third-order valence-corrected chi connectivity index (χ3v) is 4.76. The molecule has 1 aliphatic heterocycles. The van der Waals surface area contributed by atoms with Gasteiger partial charge in [-0.3, -0.25) is 14.5 Å². The lowest BCUT2D eigenvalue weighted by Gasteiger charge is -2.24. The number of thiophene rings is 1. The zero-order valence-electron chi connectivity index (χ0n) is 12.2. The van der Waals surface area contributed by atoms with E-state index in [1.807, 2.05) is 18.4 Å². The highest BCUT2D eigenvalue weighted by molar-refractivity contribution is 7.12. The predicted molar refractivity (Wildman–Crippen MR) is 79.7 cm³/mol. The summed E-state index contributed by atoms with van der Waals surface area (Å²) >= 11 is 1.41. The fraction of sp³-hybridized carbons (Fsp3) is 0.571. The molecule has 6 nitrogen and oxygen atoms in total. The van der Waals surface area contributed by atoms with Crippen LogP contribution in [0.25, 0.3) is 0 Å². The fourth-order valence-electron chi connectivity index (χ4n) is 2.64. The standard InChI is InChI=1S/C14H20N2O4S/c1-3-9-4-5-21-13(9)14(20)16-6-10(11(17)7-16)15(2)8-12(18)19/h4-5,10-11,17H,3,6-8H2,1-2H3,(H,18,19)/t10?,11-/m1/s1. The molecule has 7 heteroatoms. The molecule has 0 bridgehead atoms. The monoisotopic (exact) mass is 312 g/mol. The first-order valence-electron chi connectivity index (χ1n) is 6.89. The number of aliphatic hydroxyl groups excluding tert-OH is 1. The van der Waals surface area contributed by atoms with E-state index in [9.17, 15) is 14.7 Å². The summed E-state index contributed by atoms with van der Waals surface area (Å²) in [4.78, 5) is 27.2. The maximum absolute atomic E-state index is 12.5. The third kappa shape index (κ3) is 3.42. The molecule has 1 fully saturated rings. The first kappa shape index (κ1) is 15.9. The number of aryl methyl sites for hydroxylation is 1. The lowest BCUT2D eigenvalue weighted by Crippen LogP contribution is -2.43. The van der Waals surface area contributed by atoms with Gasteiger partial charge in [0.15, 0.2) is 0 Å². The second kappa shape index (κ2) is 6.55. The molecule has 0 radical (unpaired) electrons. The van der Waals surface area contributed by atoms with E-state index >= 15 is 0 Å². The number of aliphatic hydroxyl groups is 1. The van der Waals surface area contributed by atoms with Crippen molar-refractivity contribution in [2.75, 3.05) is 26.7 Å². The lowest BCUT2D eigenvalue weighted by molar-refractivity contribution is -0.138. The Bertz CT molecular complexity index is 531. The number of likely N-dealkylation sites (tertiary alicyclic amines) is 1. The molecule has 0 aromatic carbocycles. The molecule has 21 heavy (non-hydrogen) atoms. The molecule has 2 heterocycles. The number of rotatable bonds is 5. The summed E-state index contributed by atoms with van der Waals surface area (Å²) in [7, 11) is 1.65. The number of hydrogen-bond donors (Lipinski definition) is 2. The summed E-state index contributed by atoms with van der Waals surface area (Å²) in [6.07, 6.45) is 0.0758. The van der Waals surface area contributed by atoms with Crippen molar-refractivity contribution >= 4 is 23.2 Å². The van der Waals surface area contributed by atoms with Crippen LogP contribution in [0, 0.1) is 0 Å². The van der Waals surface area contributed by atoms with E-state index < -0.39 is 12.1 Å². The van der Waals surface area contributed by atoms with Gasteiger partial charge in [-0.15, -0.1) is 11.3 Å². The van der Waals surface area contributed by atoms with Crippen molar-refractivity contribution in [2.45, 2.75) is 25.5 Å². The van der Waals surface area contributed by atoms with Gasteiger partial charge < -0.3 is 15.1 Å². The van der Waals surface area contributed by atoms with Crippen molar-refractivity contribution in [2.24, 2.45) is 0 Å². The largest absolute Gasteiger partial charge is 0.480 e. The van der Waals surface area contributed by atoms with Crippen LogP contribution < -0.4 is 0 Å². The second-order valence-corrected chi connectivity index (χ2v) is 6.20. The second-order valence-electron chi connectivity index (χ2n) is 5.28. The van der Waals surface area contributed by atoms with Crippen molar-refractivity contribution in [3.63, 3.8) is 0 Å². The van der Waals surface area contributed by atoms with Crippen molar-refractivity contribution in [1.29, 1.82) is 0 Å². The van der Waals surface area contributed by atoms with E-state index in [1.54, 1.807) is 16.8 Å². The van der Waals surface area contributed by atoms with Gasteiger partial charge in [-0.05, 0) is 30.5 Å². The summed E-state index contributed by atoms with van der Waals surface area (Å²) in [6, 6.07) is 1.61. The van der Waals surface area contributed by atoms with Crippen LogP contribution in [0.3, 0.4) is 0 Å². The fourth-order valence-corrected chi connectivity index (χ4v) is 3.61. The molecule has 2 atom stereocenters. The van der Waals surface area contributed by atoms with E-state index in [4.69, 9.17) is 5.11 Å². The summed E-state index contributed by atoms with van der Waals surface area (Å²) in [5.41, 5.74) is 1.02. The number of carboxylic acids is 1. The van der Waals surface area contributed by atoms with Crippen molar-refractivity contribution in [3.8, 4) is 0 Å². The third-order valence-electron chi connectivity index (χ3n) is 3.82. The molecule has 2 rings (SSSR count). The Morgan fingerprint density at radius 3 is 2.81 bits per heavy atom. The number of nitrogens with zero attached hydrogens (tertiary/aromatic N) is 2. The number of β-amino-alcohol motifs (C(OH)–C–C–N with tert-alkyl or cyclic N) is 1. The van der Waals surface area contributed by atoms with Gasteiger partial charge in [0.2, 0.25) is 0 Å². The molecule has 0 spiro atoms. The Morgan fingerprint density at radius 2 is 2.19 bits per heavy atom. The van der Waals surface area contributed by atoms with Gasteiger partial charge in [0.1, 0.15) is 0 Å². The Hall–Kier alpha value is -1.44. The summed E-state index contributed by atoms with van der Waals surface area (Å²) in [5, 5.41) is 20.8. The SMILES string of the molecule is CCc1ccsc1C(=O)N1CC(N(C)CC(=O)O)[C@H](O)C1. The number of carboxylic acid groups (broad SMARTS) is 1. The minimum atomic E-state index is -0.944. The van der Waals surface area contributed by atoms with Crippen LogP contribution in [-0.2, 0) is 11.2 Å². The minimum Gasteiger partial charge on any atom is -0.480 e.